The maximum absolute atomic E-state index is 5.52. The minimum atomic E-state index is -0.393. The second kappa shape index (κ2) is 5.82. The molecule has 84 valence electrons. The summed E-state index contributed by atoms with van der Waals surface area (Å²) in [5.41, 5.74) is 4.94. The minimum Gasteiger partial charge on any atom is -0.354 e. The van der Waals surface area contributed by atoms with Crippen molar-refractivity contribution >= 4 is 0 Å². The van der Waals surface area contributed by atoms with Crippen molar-refractivity contribution in [1.82, 2.24) is 5.43 Å². The fraction of sp³-hybridized carbons (Fsp3) is 0.455. The summed E-state index contributed by atoms with van der Waals surface area (Å²) in [7, 11) is 3.19. The van der Waals surface area contributed by atoms with E-state index in [0.29, 0.717) is 0 Å². The number of methoxy groups -OCH3 is 2. The molecule has 4 nitrogen and oxygen atoms in total. The first-order chi connectivity index (χ1) is 7.24. The lowest BCUT2D eigenvalue weighted by Gasteiger charge is -2.25. The summed E-state index contributed by atoms with van der Waals surface area (Å²) < 4.78 is 10.4. The summed E-state index contributed by atoms with van der Waals surface area (Å²) in [4.78, 5) is 0. The molecule has 1 unspecified atom stereocenters. The zero-order valence-corrected chi connectivity index (χ0v) is 9.36. The Morgan fingerprint density at radius 3 is 2.27 bits per heavy atom. The second-order valence-corrected chi connectivity index (χ2v) is 3.34. The van der Waals surface area contributed by atoms with Crippen molar-refractivity contribution < 1.29 is 9.47 Å². The minimum absolute atomic E-state index is 0.166. The number of ether oxygens (including phenoxy) is 2. The molecule has 0 radical (unpaired) electrons. The number of hydrazine groups is 1. The van der Waals surface area contributed by atoms with E-state index in [2.05, 4.69) is 5.43 Å². The van der Waals surface area contributed by atoms with Gasteiger partial charge in [0.15, 0.2) is 6.29 Å². The molecule has 0 aliphatic rings. The molecule has 1 aromatic rings. The van der Waals surface area contributed by atoms with Gasteiger partial charge in [-0.3, -0.25) is 5.84 Å². The summed E-state index contributed by atoms with van der Waals surface area (Å²) >= 11 is 0. The maximum atomic E-state index is 5.52. The van der Waals surface area contributed by atoms with Gasteiger partial charge in [0.25, 0.3) is 0 Å². The molecule has 3 N–H and O–H groups in total. The van der Waals surface area contributed by atoms with Gasteiger partial charge in [-0.2, -0.15) is 0 Å². The SMILES string of the molecule is COC(OC)C(NN)c1ccccc1C. The van der Waals surface area contributed by atoms with Gasteiger partial charge >= 0.3 is 0 Å². The standard InChI is InChI=1S/C11H18N2O2/c1-8-6-4-5-7-9(8)10(13-12)11(14-2)15-3/h4-7,10-11,13H,12H2,1-3H3. The van der Waals surface area contributed by atoms with Crippen LogP contribution in [0.15, 0.2) is 24.3 Å². The summed E-state index contributed by atoms with van der Waals surface area (Å²) in [5, 5.41) is 0. The van der Waals surface area contributed by atoms with E-state index in [9.17, 15) is 0 Å². The van der Waals surface area contributed by atoms with Crippen LogP contribution in [0.2, 0.25) is 0 Å². The Labute approximate surface area is 90.3 Å². The fourth-order valence-corrected chi connectivity index (χ4v) is 1.62. The Morgan fingerprint density at radius 1 is 1.20 bits per heavy atom. The van der Waals surface area contributed by atoms with Crippen LogP contribution in [-0.2, 0) is 9.47 Å². The molecule has 1 atom stereocenters. The molecule has 0 saturated heterocycles. The van der Waals surface area contributed by atoms with Gasteiger partial charge in [0.2, 0.25) is 0 Å². The number of benzene rings is 1. The Bertz CT molecular complexity index is 300. The Kier molecular flexibility index (Phi) is 4.71. The van der Waals surface area contributed by atoms with Crippen molar-refractivity contribution in [1.29, 1.82) is 0 Å². The largest absolute Gasteiger partial charge is 0.354 e. The van der Waals surface area contributed by atoms with Crippen molar-refractivity contribution in [2.24, 2.45) is 5.84 Å². The maximum Gasteiger partial charge on any atom is 0.177 e. The van der Waals surface area contributed by atoms with Crippen LogP contribution in [0.1, 0.15) is 17.2 Å². The molecular formula is C11H18N2O2. The molecule has 4 heteroatoms. The predicted molar refractivity (Wildman–Crippen MR) is 59.0 cm³/mol. The van der Waals surface area contributed by atoms with Crippen molar-refractivity contribution in [3.05, 3.63) is 35.4 Å². The highest BCUT2D eigenvalue weighted by atomic mass is 16.7. The zero-order chi connectivity index (χ0) is 11.3. The van der Waals surface area contributed by atoms with Gasteiger partial charge in [-0.15, -0.1) is 0 Å². The Morgan fingerprint density at radius 2 is 1.80 bits per heavy atom. The monoisotopic (exact) mass is 210 g/mol. The van der Waals surface area contributed by atoms with Gasteiger partial charge in [0, 0.05) is 14.2 Å². The summed E-state index contributed by atoms with van der Waals surface area (Å²) in [5.74, 6) is 5.52. The lowest BCUT2D eigenvalue weighted by Crippen LogP contribution is -2.38. The lowest BCUT2D eigenvalue weighted by molar-refractivity contribution is -0.124. The third kappa shape index (κ3) is 2.76. The summed E-state index contributed by atoms with van der Waals surface area (Å²) in [6, 6.07) is 7.82. The normalized spacial score (nSPS) is 13.1. The molecule has 15 heavy (non-hydrogen) atoms. The Hall–Kier alpha value is -0.940. The molecule has 0 bridgehead atoms. The van der Waals surface area contributed by atoms with Gasteiger partial charge in [-0.05, 0) is 18.1 Å². The fourth-order valence-electron chi connectivity index (χ4n) is 1.62. The van der Waals surface area contributed by atoms with Gasteiger partial charge in [0.1, 0.15) is 0 Å². The number of hydrogen-bond acceptors (Lipinski definition) is 4. The molecule has 1 aromatic carbocycles. The van der Waals surface area contributed by atoms with E-state index < -0.39 is 6.29 Å². The molecule has 0 heterocycles. The molecule has 0 aliphatic carbocycles. The third-order valence-electron chi connectivity index (χ3n) is 2.44. The van der Waals surface area contributed by atoms with Crippen LogP contribution in [-0.4, -0.2) is 20.5 Å². The highest BCUT2D eigenvalue weighted by Crippen LogP contribution is 2.21. The number of hydrogen-bond donors (Lipinski definition) is 2. The van der Waals surface area contributed by atoms with E-state index in [1.54, 1.807) is 14.2 Å². The highest BCUT2D eigenvalue weighted by Gasteiger charge is 2.22. The van der Waals surface area contributed by atoms with Gasteiger partial charge in [-0.25, -0.2) is 5.43 Å². The van der Waals surface area contributed by atoms with E-state index in [4.69, 9.17) is 15.3 Å². The average molecular weight is 210 g/mol. The molecule has 0 fully saturated rings. The van der Waals surface area contributed by atoms with E-state index in [0.717, 1.165) is 11.1 Å². The molecular weight excluding hydrogens is 192 g/mol. The van der Waals surface area contributed by atoms with Crippen LogP contribution >= 0.6 is 0 Å². The molecule has 0 amide bonds. The van der Waals surface area contributed by atoms with Crippen molar-refractivity contribution in [2.75, 3.05) is 14.2 Å². The van der Waals surface area contributed by atoms with Crippen molar-refractivity contribution in [3.8, 4) is 0 Å². The van der Waals surface area contributed by atoms with E-state index in [-0.39, 0.29) is 6.04 Å². The lowest BCUT2D eigenvalue weighted by atomic mass is 10.0. The van der Waals surface area contributed by atoms with Crippen LogP contribution in [0.4, 0.5) is 0 Å². The van der Waals surface area contributed by atoms with Crippen LogP contribution in [0.5, 0.6) is 0 Å². The van der Waals surface area contributed by atoms with Gasteiger partial charge < -0.3 is 9.47 Å². The number of aryl methyl sites for hydroxylation is 1. The van der Waals surface area contributed by atoms with Crippen LogP contribution in [0.3, 0.4) is 0 Å². The van der Waals surface area contributed by atoms with E-state index in [1.165, 1.54) is 0 Å². The van der Waals surface area contributed by atoms with E-state index >= 15 is 0 Å². The zero-order valence-electron chi connectivity index (χ0n) is 9.36. The summed E-state index contributed by atoms with van der Waals surface area (Å²) in [6.07, 6.45) is -0.393. The first kappa shape index (κ1) is 12.1. The molecule has 0 spiro atoms. The van der Waals surface area contributed by atoms with Crippen molar-refractivity contribution in [3.63, 3.8) is 0 Å². The van der Waals surface area contributed by atoms with E-state index in [1.807, 2.05) is 31.2 Å². The number of nitrogens with one attached hydrogen (secondary N) is 1. The smallest absolute Gasteiger partial charge is 0.177 e. The molecule has 0 aromatic heterocycles. The predicted octanol–water partition coefficient (Wildman–Crippen LogP) is 1.12. The highest BCUT2D eigenvalue weighted by molar-refractivity contribution is 5.29. The topological polar surface area (TPSA) is 56.5 Å². The number of rotatable bonds is 5. The first-order valence-corrected chi connectivity index (χ1v) is 4.81. The quantitative estimate of drug-likeness (QED) is 0.434. The van der Waals surface area contributed by atoms with Gasteiger partial charge in [-0.1, -0.05) is 24.3 Å². The average Bonchev–Trinajstić information content (AvgIpc) is 2.27. The van der Waals surface area contributed by atoms with Crippen molar-refractivity contribution in [2.45, 2.75) is 19.3 Å². The van der Waals surface area contributed by atoms with Crippen LogP contribution < -0.4 is 11.3 Å². The molecule has 0 aliphatic heterocycles. The number of nitrogens with two attached hydrogens (primary N) is 1. The van der Waals surface area contributed by atoms with Crippen LogP contribution in [0.25, 0.3) is 0 Å². The Balaban J connectivity index is 2.96. The third-order valence-corrected chi connectivity index (χ3v) is 2.44. The van der Waals surface area contributed by atoms with Gasteiger partial charge in [0.05, 0.1) is 6.04 Å². The molecule has 0 saturated carbocycles. The first-order valence-electron chi connectivity index (χ1n) is 4.81. The summed E-state index contributed by atoms with van der Waals surface area (Å²) in [6.45, 7) is 2.03. The molecule has 1 rings (SSSR count). The second-order valence-electron chi connectivity index (χ2n) is 3.34. The van der Waals surface area contributed by atoms with Crippen LogP contribution in [0, 0.1) is 6.92 Å².